The molecule has 2 rings (SSSR count). The molecule has 0 amide bonds. The van der Waals surface area contributed by atoms with Crippen LogP contribution in [0.1, 0.15) is 21.5 Å². The Morgan fingerprint density at radius 2 is 1.83 bits per heavy atom. The SMILES string of the molecule is CN(C)/C=C\c1cc(-c2ccc(C(F)(F)F)cn2)c(F)cc1C=O. The standard InChI is InChI=1S/C17H14F4N2O/c1-23(2)6-5-11-7-14(15(18)8-12(11)10-24)16-4-3-13(9-22-16)17(19,20)21/h3-10H,1-2H3/b6-5-. The Bertz CT molecular complexity index is 765. The fraction of sp³-hybridized carbons (Fsp3) is 0.176. The highest BCUT2D eigenvalue weighted by Gasteiger charge is 2.30. The molecule has 0 radical (unpaired) electrons. The molecular formula is C17H14F4N2O. The van der Waals surface area contributed by atoms with Crippen molar-refractivity contribution >= 4 is 12.4 Å². The van der Waals surface area contributed by atoms with Crippen molar-refractivity contribution in [3.05, 3.63) is 59.2 Å². The van der Waals surface area contributed by atoms with Crippen LogP contribution in [-0.4, -0.2) is 30.3 Å². The maximum atomic E-state index is 14.2. The molecule has 0 spiro atoms. The third-order valence-corrected chi connectivity index (χ3v) is 3.22. The maximum Gasteiger partial charge on any atom is 0.417 e. The molecule has 1 heterocycles. The second-order valence-electron chi connectivity index (χ2n) is 5.29. The fourth-order valence-corrected chi connectivity index (χ4v) is 2.00. The molecule has 0 aliphatic carbocycles. The number of pyridine rings is 1. The molecular weight excluding hydrogens is 324 g/mol. The van der Waals surface area contributed by atoms with Gasteiger partial charge < -0.3 is 4.90 Å². The van der Waals surface area contributed by atoms with Crippen LogP contribution in [0.3, 0.4) is 0 Å². The minimum absolute atomic E-state index is 0.0210. The number of carbonyl (C=O) groups is 1. The summed E-state index contributed by atoms with van der Waals surface area (Å²) in [6.07, 6.45) is -0.0634. The van der Waals surface area contributed by atoms with Gasteiger partial charge in [-0.3, -0.25) is 9.78 Å². The van der Waals surface area contributed by atoms with Crippen molar-refractivity contribution in [2.75, 3.05) is 14.1 Å². The van der Waals surface area contributed by atoms with E-state index in [-0.39, 0.29) is 16.8 Å². The van der Waals surface area contributed by atoms with Crippen LogP contribution in [0.15, 0.2) is 36.7 Å². The van der Waals surface area contributed by atoms with E-state index in [2.05, 4.69) is 4.98 Å². The van der Waals surface area contributed by atoms with E-state index in [1.54, 1.807) is 31.3 Å². The van der Waals surface area contributed by atoms with Gasteiger partial charge in [-0.1, -0.05) is 0 Å². The molecule has 0 saturated carbocycles. The van der Waals surface area contributed by atoms with Crippen LogP contribution in [0.4, 0.5) is 17.6 Å². The summed E-state index contributed by atoms with van der Waals surface area (Å²) in [6.45, 7) is 0. The molecule has 0 unspecified atom stereocenters. The number of hydrogen-bond acceptors (Lipinski definition) is 3. The average Bonchev–Trinajstić information content (AvgIpc) is 2.52. The van der Waals surface area contributed by atoms with E-state index >= 15 is 0 Å². The van der Waals surface area contributed by atoms with E-state index in [0.29, 0.717) is 18.0 Å². The minimum atomic E-state index is -4.51. The molecule has 1 aromatic heterocycles. The first-order valence-electron chi connectivity index (χ1n) is 6.89. The molecule has 126 valence electrons. The summed E-state index contributed by atoms with van der Waals surface area (Å²) >= 11 is 0. The van der Waals surface area contributed by atoms with Gasteiger partial charge >= 0.3 is 6.18 Å². The quantitative estimate of drug-likeness (QED) is 0.617. The number of halogens is 4. The first kappa shape index (κ1) is 17.7. The maximum absolute atomic E-state index is 14.2. The number of hydrogen-bond donors (Lipinski definition) is 0. The number of aromatic nitrogens is 1. The molecule has 0 bridgehead atoms. The topological polar surface area (TPSA) is 33.2 Å². The van der Waals surface area contributed by atoms with Gasteiger partial charge in [-0.25, -0.2) is 4.39 Å². The molecule has 0 saturated heterocycles. The van der Waals surface area contributed by atoms with Gasteiger partial charge in [0.15, 0.2) is 6.29 Å². The molecule has 0 aliphatic heterocycles. The lowest BCUT2D eigenvalue weighted by Crippen LogP contribution is -2.05. The van der Waals surface area contributed by atoms with Crippen molar-refractivity contribution in [2.24, 2.45) is 0 Å². The Kier molecular flexibility index (Phi) is 5.02. The third kappa shape index (κ3) is 3.98. The number of alkyl halides is 3. The van der Waals surface area contributed by atoms with Gasteiger partial charge in [0.1, 0.15) is 5.82 Å². The minimum Gasteiger partial charge on any atom is -0.383 e. The molecule has 0 atom stereocenters. The monoisotopic (exact) mass is 338 g/mol. The van der Waals surface area contributed by atoms with Gasteiger partial charge in [0, 0.05) is 31.4 Å². The second kappa shape index (κ2) is 6.82. The number of carbonyl (C=O) groups excluding carboxylic acids is 1. The van der Waals surface area contributed by atoms with E-state index in [1.807, 2.05) is 0 Å². The van der Waals surface area contributed by atoms with Crippen molar-refractivity contribution in [3.8, 4) is 11.3 Å². The van der Waals surface area contributed by atoms with Crippen molar-refractivity contribution in [2.45, 2.75) is 6.18 Å². The average molecular weight is 338 g/mol. The zero-order chi connectivity index (χ0) is 17.9. The molecule has 2 aromatic rings. The molecule has 3 nitrogen and oxygen atoms in total. The molecule has 1 aromatic carbocycles. The Morgan fingerprint density at radius 3 is 2.33 bits per heavy atom. The largest absolute Gasteiger partial charge is 0.417 e. The zero-order valence-corrected chi connectivity index (χ0v) is 12.9. The summed E-state index contributed by atoms with van der Waals surface area (Å²) in [5, 5.41) is 0. The van der Waals surface area contributed by atoms with Crippen LogP contribution in [-0.2, 0) is 6.18 Å². The lowest BCUT2D eigenvalue weighted by Gasteiger charge is -2.10. The highest BCUT2D eigenvalue weighted by Crippen LogP contribution is 2.31. The second-order valence-corrected chi connectivity index (χ2v) is 5.29. The fourth-order valence-electron chi connectivity index (χ4n) is 2.00. The van der Waals surface area contributed by atoms with Crippen LogP contribution < -0.4 is 0 Å². The van der Waals surface area contributed by atoms with Crippen LogP contribution in [0, 0.1) is 5.82 Å². The third-order valence-electron chi connectivity index (χ3n) is 3.22. The van der Waals surface area contributed by atoms with Crippen molar-refractivity contribution in [1.29, 1.82) is 0 Å². The summed E-state index contributed by atoms with van der Waals surface area (Å²) in [7, 11) is 3.55. The number of aldehydes is 1. The lowest BCUT2D eigenvalue weighted by molar-refractivity contribution is -0.137. The predicted octanol–water partition coefficient (Wildman–Crippen LogP) is 4.25. The van der Waals surface area contributed by atoms with Gasteiger partial charge in [-0.2, -0.15) is 13.2 Å². The summed E-state index contributed by atoms with van der Waals surface area (Å²) in [5.74, 6) is -0.730. The van der Waals surface area contributed by atoms with E-state index in [4.69, 9.17) is 0 Å². The summed E-state index contributed by atoms with van der Waals surface area (Å²) in [4.78, 5) is 16.5. The molecule has 7 heteroatoms. The van der Waals surface area contributed by atoms with Gasteiger partial charge in [0.25, 0.3) is 0 Å². The number of benzene rings is 1. The lowest BCUT2D eigenvalue weighted by atomic mass is 10.0. The Morgan fingerprint density at radius 1 is 1.12 bits per heavy atom. The van der Waals surface area contributed by atoms with Gasteiger partial charge in [0.05, 0.1) is 11.3 Å². The first-order chi connectivity index (χ1) is 11.2. The summed E-state index contributed by atoms with van der Waals surface area (Å²) in [5.41, 5.74) is -0.257. The molecule has 0 N–H and O–H groups in total. The first-order valence-corrected chi connectivity index (χ1v) is 6.89. The smallest absolute Gasteiger partial charge is 0.383 e. The Balaban J connectivity index is 2.50. The molecule has 0 fully saturated rings. The van der Waals surface area contributed by atoms with E-state index in [9.17, 15) is 22.4 Å². The van der Waals surface area contributed by atoms with E-state index in [1.165, 1.54) is 6.07 Å². The molecule has 24 heavy (non-hydrogen) atoms. The predicted molar refractivity (Wildman–Crippen MR) is 82.7 cm³/mol. The normalized spacial score (nSPS) is 11.8. The van der Waals surface area contributed by atoms with Crippen LogP contribution in [0.25, 0.3) is 17.3 Å². The van der Waals surface area contributed by atoms with Crippen molar-refractivity contribution in [3.63, 3.8) is 0 Å². The Labute approximate surface area is 136 Å². The van der Waals surface area contributed by atoms with Crippen molar-refractivity contribution < 1.29 is 22.4 Å². The van der Waals surface area contributed by atoms with Crippen LogP contribution >= 0.6 is 0 Å². The highest BCUT2D eigenvalue weighted by atomic mass is 19.4. The van der Waals surface area contributed by atoms with Gasteiger partial charge in [0.2, 0.25) is 0 Å². The number of nitrogens with zero attached hydrogens (tertiary/aromatic N) is 2. The van der Waals surface area contributed by atoms with Crippen LogP contribution in [0.2, 0.25) is 0 Å². The Hall–Kier alpha value is -2.70. The summed E-state index contributed by atoms with van der Waals surface area (Å²) in [6, 6.07) is 4.36. The van der Waals surface area contributed by atoms with E-state index < -0.39 is 17.6 Å². The highest BCUT2D eigenvalue weighted by molar-refractivity contribution is 5.84. The van der Waals surface area contributed by atoms with Gasteiger partial charge in [-0.05, 0) is 42.1 Å². The number of rotatable bonds is 4. The van der Waals surface area contributed by atoms with E-state index in [0.717, 1.165) is 18.2 Å². The van der Waals surface area contributed by atoms with Gasteiger partial charge in [-0.15, -0.1) is 0 Å². The van der Waals surface area contributed by atoms with Crippen LogP contribution in [0.5, 0.6) is 0 Å². The molecule has 0 aliphatic rings. The van der Waals surface area contributed by atoms with Crippen molar-refractivity contribution in [1.82, 2.24) is 9.88 Å². The zero-order valence-electron chi connectivity index (χ0n) is 12.9. The summed E-state index contributed by atoms with van der Waals surface area (Å²) < 4.78 is 51.9.